The van der Waals surface area contributed by atoms with E-state index in [9.17, 15) is 13.2 Å². The van der Waals surface area contributed by atoms with E-state index in [1.807, 2.05) is 0 Å². The standard InChI is InChI=1S/C11H13ClN2O3S/c12-8-2-1-3-10(6-8)18(16,17)14-9-4-5-11(15)13-7-9/h1-3,6,9,14H,4-5,7H2,(H,13,15). The van der Waals surface area contributed by atoms with Crippen molar-refractivity contribution in [2.45, 2.75) is 23.8 Å². The predicted octanol–water partition coefficient (Wildman–Crippen LogP) is 0.897. The monoisotopic (exact) mass is 288 g/mol. The number of benzene rings is 1. The van der Waals surface area contributed by atoms with Gasteiger partial charge in [0.1, 0.15) is 0 Å². The smallest absolute Gasteiger partial charge is 0.240 e. The van der Waals surface area contributed by atoms with Crippen LogP contribution >= 0.6 is 11.6 Å². The van der Waals surface area contributed by atoms with Crippen molar-refractivity contribution in [2.24, 2.45) is 0 Å². The molecule has 5 nitrogen and oxygen atoms in total. The molecule has 1 aliphatic heterocycles. The van der Waals surface area contributed by atoms with Crippen molar-refractivity contribution >= 4 is 27.5 Å². The Morgan fingerprint density at radius 1 is 1.39 bits per heavy atom. The van der Waals surface area contributed by atoms with Crippen LogP contribution in [0.15, 0.2) is 29.2 Å². The topological polar surface area (TPSA) is 75.3 Å². The van der Waals surface area contributed by atoms with Crippen molar-refractivity contribution in [2.75, 3.05) is 6.54 Å². The first-order valence-corrected chi connectivity index (χ1v) is 7.38. The molecule has 2 rings (SSSR count). The van der Waals surface area contributed by atoms with Crippen LogP contribution in [0.25, 0.3) is 0 Å². The van der Waals surface area contributed by atoms with Crippen LogP contribution < -0.4 is 10.0 Å². The third-order valence-electron chi connectivity index (χ3n) is 2.69. The van der Waals surface area contributed by atoms with Gasteiger partial charge in [0, 0.05) is 24.0 Å². The van der Waals surface area contributed by atoms with Crippen molar-refractivity contribution in [1.82, 2.24) is 10.0 Å². The number of hydrogen-bond acceptors (Lipinski definition) is 3. The zero-order valence-corrected chi connectivity index (χ0v) is 11.1. The van der Waals surface area contributed by atoms with Gasteiger partial charge in [-0.05, 0) is 24.6 Å². The van der Waals surface area contributed by atoms with Gasteiger partial charge >= 0.3 is 0 Å². The molecular weight excluding hydrogens is 276 g/mol. The van der Waals surface area contributed by atoms with Crippen molar-refractivity contribution in [1.29, 1.82) is 0 Å². The number of halogens is 1. The van der Waals surface area contributed by atoms with Gasteiger partial charge in [0.2, 0.25) is 15.9 Å². The second-order valence-corrected chi connectivity index (χ2v) is 6.27. The van der Waals surface area contributed by atoms with Crippen molar-refractivity contribution in [3.8, 4) is 0 Å². The Bertz CT molecular complexity index is 549. The van der Waals surface area contributed by atoms with Gasteiger partial charge in [-0.15, -0.1) is 0 Å². The van der Waals surface area contributed by atoms with Gasteiger partial charge in [0.25, 0.3) is 0 Å². The van der Waals surface area contributed by atoms with Crippen LogP contribution in [-0.2, 0) is 14.8 Å². The van der Waals surface area contributed by atoms with Crippen molar-refractivity contribution in [3.63, 3.8) is 0 Å². The van der Waals surface area contributed by atoms with Crippen LogP contribution in [0.3, 0.4) is 0 Å². The molecule has 1 aliphatic rings. The molecular formula is C11H13ClN2O3S. The Labute approximate surface area is 111 Å². The van der Waals surface area contributed by atoms with Gasteiger partial charge in [0.15, 0.2) is 0 Å². The van der Waals surface area contributed by atoms with E-state index in [0.29, 0.717) is 24.4 Å². The minimum Gasteiger partial charge on any atom is -0.355 e. The van der Waals surface area contributed by atoms with E-state index in [1.54, 1.807) is 12.1 Å². The average molecular weight is 289 g/mol. The van der Waals surface area contributed by atoms with E-state index >= 15 is 0 Å². The Morgan fingerprint density at radius 2 is 2.17 bits per heavy atom. The fourth-order valence-corrected chi connectivity index (χ4v) is 3.33. The fourth-order valence-electron chi connectivity index (χ4n) is 1.76. The van der Waals surface area contributed by atoms with Gasteiger partial charge in [-0.1, -0.05) is 17.7 Å². The third kappa shape index (κ3) is 3.22. The Balaban J connectivity index is 2.10. The second-order valence-electron chi connectivity index (χ2n) is 4.12. The zero-order chi connectivity index (χ0) is 13.2. The molecule has 1 aromatic rings. The summed E-state index contributed by atoms with van der Waals surface area (Å²) < 4.78 is 26.7. The summed E-state index contributed by atoms with van der Waals surface area (Å²) in [5, 5.41) is 3.00. The molecule has 1 amide bonds. The average Bonchev–Trinajstić information content (AvgIpc) is 2.32. The van der Waals surface area contributed by atoms with Crippen LogP contribution in [-0.4, -0.2) is 26.9 Å². The molecule has 0 saturated carbocycles. The molecule has 1 atom stereocenters. The first-order valence-electron chi connectivity index (χ1n) is 5.52. The molecule has 1 fully saturated rings. The minimum absolute atomic E-state index is 0.0480. The van der Waals surface area contributed by atoms with Crippen molar-refractivity contribution < 1.29 is 13.2 Å². The highest BCUT2D eigenvalue weighted by atomic mass is 35.5. The van der Waals surface area contributed by atoms with Crippen LogP contribution in [0.1, 0.15) is 12.8 Å². The quantitative estimate of drug-likeness (QED) is 0.868. The number of hydrogen-bond donors (Lipinski definition) is 2. The number of piperidine rings is 1. The lowest BCUT2D eigenvalue weighted by atomic mass is 10.1. The number of carbonyl (C=O) groups excluding carboxylic acids is 1. The lowest BCUT2D eigenvalue weighted by Gasteiger charge is -2.23. The van der Waals surface area contributed by atoms with Gasteiger partial charge in [-0.2, -0.15) is 0 Å². The number of amides is 1. The Kier molecular flexibility index (Phi) is 3.89. The maximum absolute atomic E-state index is 12.1. The highest BCUT2D eigenvalue weighted by Crippen LogP contribution is 2.16. The molecule has 2 N–H and O–H groups in total. The van der Waals surface area contributed by atoms with E-state index in [0.717, 1.165) is 0 Å². The molecule has 1 heterocycles. The first kappa shape index (κ1) is 13.3. The zero-order valence-electron chi connectivity index (χ0n) is 9.52. The highest BCUT2D eigenvalue weighted by Gasteiger charge is 2.24. The molecule has 1 saturated heterocycles. The lowest BCUT2D eigenvalue weighted by Crippen LogP contribution is -2.47. The van der Waals surface area contributed by atoms with E-state index in [1.165, 1.54) is 12.1 Å². The summed E-state index contributed by atoms with van der Waals surface area (Å²) in [6.07, 6.45) is 0.842. The summed E-state index contributed by atoms with van der Waals surface area (Å²) in [5.41, 5.74) is 0. The van der Waals surface area contributed by atoms with Gasteiger partial charge < -0.3 is 5.32 Å². The van der Waals surface area contributed by atoms with Crippen molar-refractivity contribution in [3.05, 3.63) is 29.3 Å². The summed E-state index contributed by atoms with van der Waals surface area (Å²) >= 11 is 5.76. The number of nitrogens with one attached hydrogen (secondary N) is 2. The van der Waals surface area contributed by atoms with Crippen LogP contribution in [0.2, 0.25) is 5.02 Å². The number of rotatable bonds is 3. The van der Waals surface area contributed by atoms with Crippen LogP contribution in [0.4, 0.5) is 0 Å². The fraction of sp³-hybridized carbons (Fsp3) is 0.364. The molecule has 7 heteroatoms. The number of carbonyl (C=O) groups is 1. The molecule has 0 radical (unpaired) electrons. The summed E-state index contributed by atoms with van der Waals surface area (Å²) in [5.74, 6) is -0.0480. The summed E-state index contributed by atoms with van der Waals surface area (Å²) in [7, 11) is -3.59. The Morgan fingerprint density at radius 3 is 2.78 bits per heavy atom. The molecule has 1 unspecified atom stereocenters. The van der Waals surface area contributed by atoms with E-state index in [-0.39, 0.29) is 16.8 Å². The number of sulfonamides is 1. The molecule has 98 valence electrons. The van der Waals surface area contributed by atoms with Gasteiger partial charge in [-0.3, -0.25) is 4.79 Å². The normalized spacial score (nSPS) is 20.5. The van der Waals surface area contributed by atoms with Crippen LogP contribution in [0, 0.1) is 0 Å². The van der Waals surface area contributed by atoms with Gasteiger partial charge in [0.05, 0.1) is 4.90 Å². The molecule has 0 aliphatic carbocycles. The summed E-state index contributed by atoms with van der Waals surface area (Å²) in [4.78, 5) is 11.1. The highest BCUT2D eigenvalue weighted by molar-refractivity contribution is 7.89. The van der Waals surface area contributed by atoms with E-state index in [2.05, 4.69) is 10.0 Å². The molecule has 1 aromatic carbocycles. The second kappa shape index (κ2) is 5.26. The SMILES string of the molecule is O=C1CCC(NS(=O)(=O)c2cccc(Cl)c2)CN1. The minimum atomic E-state index is -3.59. The molecule has 0 bridgehead atoms. The first-order chi connectivity index (χ1) is 8.47. The predicted molar refractivity (Wildman–Crippen MR) is 67.8 cm³/mol. The summed E-state index contributed by atoms with van der Waals surface area (Å²) in [6.45, 7) is 0.318. The van der Waals surface area contributed by atoms with E-state index in [4.69, 9.17) is 11.6 Å². The molecule has 0 spiro atoms. The summed E-state index contributed by atoms with van der Waals surface area (Å²) in [6, 6.07) is 5.80. The third-order valence-corrected chi connectivity index (χ3v) is 4.45. The maximum atomic E-state index is 12.1. The van der Waals surface area contributed by atoms with E-state index < -0.39 is 10.0 Å². The molecule has 18 heavy (non-hydrogen) atoms. The Hall–Kier alpha value is -1.11. The maximum Gasteiger partial charge on any atom is 0.240 e. The van der Waals surface area contributed by atoms with Gasteiger partial charge in [-0.25, -0.2) is 13.1 Å². The largest absolute Gasteiger partial charge is 0.355 e. The van der Waals surface area contributed by atoms with Crippen LogP contribution in [0.5, 0.6) is 0 Å². The molecule has 0 aromatic heterocycles. The lowest BCUT2D eigenvalue weighted by molar-refractivity contribution is -0.122.